The second kappa shape index (κ2) is 3.62. The Morgan fingerprint density at radius 2 is 2.19 bits per heavy atom. The van der Waals surface area contributed by atoms with Crippen molar-refractivity contribution in [1.29, 1.82) is 0 Å². The Labute approximate surface area is 96.3 Å². The number of carbonyl (C=O) groups excluding carboxylic acids is 1. The van der Waals surface area contributed by atoms with E-state index in [1.165, 1.54) is 17.7 Å². The van der Waals surface area contributed by atoms with E-state index < -0.39 is 0 Å². The molecular formula is C14H17NO. The fourth-order valence-electron chi connectivity index (χ4n) is 2.49. The average molecular weight is 215 g/mol. The first-order chi connectivity index (χ1) is 7.75. The standard InChI is InChI=1S/C14H17NO/c1-15-8-2-3-10-4-7-12(9-13(10)15)14(16)11-5-6-11/h4,7,9,11H,2-3,5-6,8H2,1H3. The van der Waals surface area contributed by atoms with Crippen molar-refractivity contribution < 1.29 is 4.79 Å². The normalized spacial score (nSPS) is 19.4. The Morgan fingerprint density at radius 3 is 2.94 bits per heavy atom. The molecule has 1 heterocycles. The highest BCUT2D eigenvalue weighted by atomic mass is 16.1. The number of anilines is 1. The van der Waals surface area contributed by atoms with E-state index in [2.05, 4.69) is 24.1 Å². The smallest absolute Gasteiger partial charge is 0.166 e. The lowest BCUT2D eigenvalue weighted by Crippen LogP contribution is -2.25. The van der Waals surface area contributed by atoms with Gasteiger partial charge in [0.1, 0.15) is 0 Å². The lowest BCUT2D eigenvalue weighted by molar-refractivity contribution is 0.0967. The van der Waals surface area contributed by atoms with Gasteiger partial charge in [-0.25, -0.2) is 0 Å². The van der Waals surface area contributed by atoms with Crippen molar-refractivity contribution in [2.75, 3.05) is 18.5 Å². The van der Waals surface area contributed by atoms with E-state index in [9.17, 15) is 4.79 Å². The van der Waals surface area contributed by atoms with Crippen LogP contribution in [0.3, 0.4) is 0 Å². The van der Waals surface area contributed by atoms with Crippen molar-refractivity contribution in [3.05, 3.63) is 29.3 Å². The third-order valence-corrected chi connectivity index (χ3v) is 3.67. The predicted molar refractivity (Wildman–Crippen MR) is 65.1 cm³/mol. The molecule has 0 radical (unpaired) electrons. The highest BCUT2D eigenvalue weighted by Crippen LogP contribution is 2.34. The molecular weight excluding hydrogens is 198 g/mol. The summed E-state index contributed by atoms with van der Waals surface area (Å²) in [5.74, 6) is 0.675. The maximum absolute atomic E-state index is 12.0. The van der Waals surface area contributed by atoms with Gasteiger partial charge in [-0.1, -0.05) is 12.1 Å². The number of aryl methyl sites for hydroxylation is 1. The van der Waals surface area contributed by atoms with Gasteiger partial charge < -0.3 is 4.90 Å². The Bertz CT molecular complexity index is 434. The van der Waals surface area contributed by atoms with E-state index in [0.717, 1.165) is 31.4 Å². The molecule has 1 aliphatic heterocycles. The molecule has 0 unspecified atom stereocenters. The largest absolute Gasteiger partial charge is 0.374 e. The Balaban J connectivity index is 1.96. The Hall–Kier alpha value is -1.31. The van der Waals surface area contributed by atoms with Gasteiger partial charge in [0.15, 0.2) is 5.78 Å². The summed E-state index contributed by atoms with van der Waals surface area (Å²) >= 11 is 0. The van der Waals surface area contributed by atoms with E-state index in [0.29, 0.717) is 11.7 Å². The fourth-order valence-corrected chi connectivity index (χ4v) is 2.49. The second-order valence-electron chi connectivity index (χ2n) is 5.01. The minimum Gasteiger partial charge on any atom is -0.374 e. The molecule has 0 spiro atoms. The SMILES string of the molecule is CN1CCCc2ccc(C(=O)C3CC3)cc21. The molecule has 0 saturated heterocycles. The third kappa shape index (κ3) is 1.62. The molecule has 2 nitrogen and oxygen atoms in total. The minimum atomic E-state index is 0.326. The van der Waals surface area contributed by atoms with Gasteiger partial charge in [0.2, 0.25) is 0 Å². The summed E-state index contributed by atoms with van der Waals surface area (Å²) in [6.07, 6.45) is 4.55. The molecule has 1 aromatic carbocycles. The van der Waals surface area contributed by atoms with E-state index in [4.69, 9.17) is 0 Å². The van der Waals surface area contributed by atoms with Crippen LogP contribution < -0.4 is 4.90 Å². The van der Waals surface area contributed by atoms with Crippen molar-refractivity contribution in [3.8, 4) is 0 Å². The van der Waals surface area contributed by atoms with Gasteiger partial charge in [-0.2, -0.15) is 0 Å². The molecule has 2 aliphatic rings. The van der Waals surface area contributed by atoms with Crippen molar-refractivity contribution in [1.82, 2.24) is 0 Å². The molecule has 1 fully saturated rings. The maximum atomic E-state index is 12.0. The summed E-state index contributed by atoms with van der Waals surface area (Å²) in [6.45, 7) is 1.11. The molecule has 3 rings (SSSR count). The highest BCUT2D eigenvalue weighted by Gasteiger charge is 2.30. The molecule has 0 atom stereocenters. The zero-order chi connectivity index (χ0) is 11.1. The van der Waals surface area contributed by atoms with Gasteiger partial charge >= 0.3 is 0 Å². The van der Waals surface area contributed by atoms with E-state index >= 15 is 0 Å². The van der Waals surface area contributed by atoms with Gasteiger partial charge in [-0.3, -0.25) is 4.79 Å². The molecule has 0 aromatic heterocycles. The van der Waals surface area contributed by atoms with Crippen LogP contribution in [0.5, 0.6) is 0 Å². The molecule has 0 N–H and O–H groups in total. The van der Waals surface area contributed by atoms with Gasteiger partial charge in [0.05, 0.1) is 0 Å². The van der Waals surface area contributed by atoms with Crippen LogP contribution in [0.4, 0.5) is 5.69 Å². The summed E-state index contributed by atoms with van der Waals surface area (Å²) in [5, 5.41) is 0. The molecule has 16 heavy (non-hydrogen) atoms. The third-order valence-electron chi connectivity index (χ3n) is 3.67. The summed E-state index contributed by atoms with van der Waals surface area (Å²) < 4.78 is 0. The first-order valence-electron chi connectivity index (χ1n) is 6.14. The first kappa shape index (κ1) is 9.88. The van der Waals surface area contributed by atoms with E-state index in [-0.39, 0.29) is 0 Å². The number of nitrogens with zero attached hydrogens (tertiary/aromatic N) is 1. The number of hydrogen-bond acceptors (Lipinski definition) is 2. The topological polar surface area (TPSA) is 20.3 Å². The molecule has 1 aliphatic carbocycles. The minimum absolute atomic E-state index is 0.326. The molecule has 0 amide bonds. The molecule has 84 valence electrons. The number of benzene rings is 1. The van der Waals surface area contributed by atoms with Crippen LogP contribution in [0.1, 0.15) is 35.2 Å². The number of carbonyl (C=O) groups is 1. The zero-order valence-electron chi connectivity index (χ0n) is 9.70. The monoisotopic (exact) mass is 215 g/mol. The van der Waals surface area contributed by atoms with Crippen LogP contribution >= 0.6 is 0 Å². The molecule has 2 heteroatoms. The Kier molecular flexibility index (Phi) is 2.23. The number of Topliss-reactive ketones (excluding diaryl/α,β-unsaturated/α-hetero) is 1. The highest BCUT2D eigenvalue weighted by molar-refractivity contribution is 6.00. The van der Waals surface area contributed by atoms with Crippen molar-refractivity contribution >= 4 is 11.5 Å². The summed E-state index contributed by atoms with van der Waals surface area (Å²) in [7, 11) is 2.11. The quantitative estimate of drug-likeness (QED) is 0.707. The van der Waals surface area contributed by atoms with E-state index in [1.807, 2.05) is 6.07 Å². The number of rotatable bonds is 2. The average Bonchev–Trinajstić information content (AvgIpc) is 3.12. The van der Waals surface area contributed by atoms with Crippen LogP contribution in [-0.2, 0) is 6.42 Å². The molecule has 0 bridgehead atoms. The fraction of sp³-hybridized carbons (Fsp3) is 0.500. The van der Waals surface area contributed by atoms with Crippen molar-refractivity contribution in [2.45, 2.75) is 25.7 Å². The summed E-state index contributed by atoms with van der Waals surface area (Å²) in [4.78, 5) is 14.2. The maximum Gasteiger partial charge on any atom is 0.166 e. The number of fused-ring (bicyclic) bond motifs is 1. The predicted octanol–water partition coefficient (Wildman–Crippen LogP) is 2.66. The van der Waals surface area contributed by atoms with Crippen LogP contribution in [0, 0.1) is 5.92 Å². The second-order valence-corrected chi connectivity index (χ2v) is 5.01. The van der Waals surface area contributed by atoms with Crippen molar-refractivity contribution in [3.63, 3.8) is 0 Å². The number of hydrogen-bond donors (Lipinski definition) is 0. The lowest BCUT2D eigenvalue weighted by atomic mass is 9.97. The zero-order valence-corrected chi connectivity index (χ0v) is 9.70. The van der Waals surface area contributed by atoms with Crippen LogP contribution in [0.2, 0.25) is 0 Å². The number of ketones is 1. The van der Waals surface area contributed by atoms with Crippen LogP contribution in [0.25, 0.3) is 0 Å². The Morgan fingerprint density at radius 1 is 1.38 bits per heavy atom. The van der Waals surface area contributed by atoms with Crippen LogP contribution in [-0.4, -0.2) is 19.4 Å². The first-order valence-corrected chi connectivity index (χ1v) is 6.14. The van der Waals surface area contributed by atoms with E-state index in [1.54, 1.807) is 0 Å². The molecule has 1 saturated carbocycles. The summed E-state index contributed by atoms with van der Waals surface area (Å²) in [5.41, 5.74) is 3.56. The summed E-state index contributed by atoms with van der Waals surface area (Å²) in [6, 6.07) is 6.24. The molecule has 1 aromatic rings. The van der Waals surface area contributed by atoms with Gasteiger partial charge in [0.25, 0.3) is 0 Å². The van der Waals surface area contributed by atoms with Crippen LogP contribution in [0.15, 0.2) is 18.2 Å². The van der Waals surface area contributed by atoms with Gasteiger partial charge in [-0.05, 0) is 37.3 Å². The van der Waals surface area contributed by atoms with Gasteiger partial charge in [-0.15, -0.1) is 0 Å². The van der Waals surface area contributed by atoms with Crippen molar-refractivity contribution in [2.24, 2.45) is 5.92 Å². The van der Waals surface area contributed by atoms with Gasteiger partial charge in [0, 0.05) is 30.8 Å². The lowest BCUT2D eigenvalue weighted by Gasteiger charge is -2.27.